The number of nitrogens with one attached hydrogen (secondary N) is 2. The van der Waals surface area contributed by atoms with Gasteiger partial charge in [-0.3, -0.25) is 9.59 Å². The van der Waals surface area contributed by atoms with Crippen LogP contribution in [-0.2, 0) is 57.6 Å². The fourth-order valence-corrected chi connectivity index (χ4v) is 4.52. The topological polar surface area (TPSA) is 155 Å². The fourth-order valence-electron chi connectivity index (χ4n) is 4.52. The molecule has 6 aromatic heterocycles. The van der Waals surface area contributed by atoms with E-state index in [4.69, 9.17) is 0 Å². The second kappa shape index (κ2) is 14.0. The minimum Gasteiger partial charge on any atom is -0.333 e. The average molecular weight is 783 g/mol. The first-order valence-corrected chi connectivity index (χ1v) is 13.6. The Labute approximate surface area is 272 Å². The smallest absolute Gasteiger partial charge is 0.221 e. The van der Waals surface area contributed by atoms with Crippen LogP contribution in [0.25, 0.3) is 46.1 Å². The van der Waals surface area contributed by atoms with E-state index >= 15 is 0 Å². The van der Waals surface area contributed by atoms with Crippen molar-refractivity contribution in [1.82, 2.24) is 48.2 Å². The van der Waals surface area contributed by atoms with E-state index in [2.05, 4.69) is 40.5 Å². The summed E-state index contributed by atoms with van der Waals surface area (Å²) in [5.74, 6) is 2.63. The van der Waals surface area contributed by atoms with Gasteiger partial charge in [0.15, 0.2) is 23.3 Å². The fraction of sp³-hybridized carbons (Fsp3) is 0.200. The molecule has 2 amide bonds. The maximum atomic E-state index is 11.4. The second-order valence-corrected chi connectivity index (χ2v) is 10.1. The van der Waals surface area contributed by atoms with Crippen molar-refractivity contribution >= 4 is 23.2 Å². The van der Waals surface area contributed by atoms with Gasteiger partial charge < -0.3 is 28.9 Å². The summed E-state index contributed by atoms with van der Waals surface area (Å²) >= 11 is 0. The predicted octanol–water partition coefficient (Wildman–Crippen LogP) is 3.68. The number of carbonyl (C=O) groups is 2. The molecular formula is C30H32N12O2Os. The van der Waals surface area contributed by atoms with Gasteiger partial charge in [0.25, 0.3) is 0 Å². The van der Waals surface area contributed by atoms with Gasteiger partial charge in [0.1, 0.15) is 22.8 Å². The predicted molar refractivity (Wildman–Crippen MR) is 166 cm³/mol. The second-order valence-electron chi connectivity index (χ2n) is 10.1. The molecule has 0 fully saturated rings. The number of carbonyl (C=O) groups excluding carboxylic acids is 2. The average Bonchev–Trinajstić information content (AvgIpc) is 3.77. The summed E-state index contributed by atoms with van der Waals surface area (Å²) in [6.45, 7) is 2.95. The molecule has 6 rings (SSSR count). The van der Waals surface area contributed by atoms with Crippen LogP contribution in [0.15, 0.2) is 73.8 Å². The zero-order chi connectivity index (χ0) is 31.4. The Kier molecular flexibility index (Phi) is 10.2. The van der Waals surface area contributed by atoms with Crippen LogP contribution in [0.2, 0.25) is 0 Å². The number of pyridine rings is 2. The first-order chi connectivity index (χ1) is 21.1. The first-order valence-electron chi connectivity index (χ1n) is 13.6. The molecule has 0 saturated heterocycles. The Bertz CT molecular complexity index is 1690. The van der Waals surface area contributed by atoms with Gasteiger partial charge in [-0.2, -0.15) is 0 Å². The van der Waals surface area contributed by atoms with E-state index in [1.54, 1.807) is 49.1 Å². The third kappa shape index (κ3) is 7.63. The summed E-state index contributed by atoms with van der Waals surface area (Å²) < 4.78 is 7.51. The van der Waals surface area contributed by atoms with Crippen LogP contribution >= 0.6 is 0 Å². The Balaban J connectivity index is 0.000000200. The molecule has 0 spiro atoms. The summed E-state index contributed by atoms with van der Waals surface area (Å²) in [5, 5.41) is 5.59. The van der Waals surface area contributed by atoms with E-state index in [1.165, 1.54) is 13.8 Å². The number of aromatic nitrogens is 10. The number of nitrogens with zero attached hydrogens (tertiary/aromatic N) is 10. The van der Waals surface area contributed by atoms with Gasteiger partial charge in [-0.05, 0) is 24.3 Å². The van der Waals surface area contributed by atoms with Crippen molar-refractivity contribution in [3.63, 3.8) is 0 Å². The molecule has 0 aliphatic rings. The molecule has 6 heterocycles. The number of rotatable bonds is 6. The van der Waals surface area contributed by atoms with Gasteiger partial charge >= 0.3 is 0 Å². The Morgan fingerprint density at radius 3 is 0.933 bits per heavy atom. The van der Waals surface area contributed by atoms with Crippen LogP contribution < -0.4 is 10.6 Å². The maximum absolute atomic E-state index is 11.4. The van der Waals surface area contributed by atoms with Crippen LogP contribution in [0.5, 0.6) is 0 Å². The van der Waals surface area contributed by atoms with E-state index < -0.39 is 0 Å². The molecule has 0 unspecified atom stereocenters. The molecule has 0 saturated carbocycles. The summed E-state index contributed by atoms with van der Waals surface area (Å²) in [6.07, 6.45) is 14.2. The molecule has 0 aliphatic carbocycles. The zero-order valence-corrected chi connectivity index (χ0v) is 28.1. The van der Waals surface area contributed by atoms with Crippen LogP contribution in [0.4, 0.5) is 11.4 Å². The van der Waals surface area contributed by atoms with Crippen LogP contribution in [-0.4, -0.2) is 60.0 Å². The normalized spacial score (nSPS) is 10.4. The number of hydrogen-bond donors (Lipinski definition) is 2. The molecule has 45 heavy (non-hydrogen) atoms. The first kappa shape index (κ1) is 32.6. The van der Waals surface area contributed by atoms with E-state index in [-0.39, 0.29) is 31.6 Å². The van der Waals surface area contributed by atoms with Crippen molar-refractivity contribution in [3.05, 3.63) is 73.8 Å². The SMILES string of the molecule is CC(=O)Nc1cc(-c2nccn2C)nc(-c2nccn2C)c1.CC(=O)Nc1cc(-c2nccn2C)nc(-c2nccn2C)c1.[Os]. The zero-order valence-electron chi connectivity index (χ0n) is 25.6. The molecule has 0 aliphatic heterocycles. The molecule has 0 radical (unpaired) electrons. The van der Waals surface area contributed by atoms with Crippen molar-refractivity contribution in [2.24, 2.45) is 28.2 Å². The van der Waals surface area contributed by atoms with Gasteiger partial charge in [0.05, 0.1) is 0 Å². The van der Waals surface area contributed by atoms with Gasteiger partial charge in [0.2, 0.25) is 11.8 Å². The Morgan fingerprint density at radius 1 is 0.511 bits per heavy atom. The van der Waals surface area contributed by atoms with Crippen LogP contribution in [0, 0.1) is 0 Å². The number of aryl methyl sites for hydroxylation is 4. The van der Waals surface area contributed by atoms with Crippen molar-refractivity contribution < 1.29 is 29.4 Å². The summed E-state index contributed by atoms with van der Waals surface area (Å²) in [7, 11) is 7.59. The minimum atomic E-state index is -0.136. The van der Waals surface area contributed by atoms with E-state index in [9.17, 15) is 9.59 Å². The quantitative estimate of drug-likeness (QED) is 0.260. The molecular weight excluding hydrogens is 751 g/mol. The maximum Gasteiger partial charge on any atom is 0.221 e. The molecule has 232 valence electrons. The monoisotopic (exact) mass is 784 g/mol. The Hall–Kier alpha value is -5.28. The molecule has 6 aromatic rings. The van der Waals surface area contributed by atoms with Crippen molar-refractivity contribution in [2.75, 3.05) is 10.6 Å². The number of hydrogen-bond acceptors (Lipinski definition) is 8. The van der Waals surface area contributed by atoms with E-state index in [1.807, 2.05) is 71.2 Å². The molecule has 0 aromatic carbocycles. The molecule has 15 heteroatoms. The summed E-state index contributed by atoms with van der Waals surface area (Å²) in [6, 6.07) is 7.21. The number of imidazole rings is 4. The minimum absolute atomic E-state index is 0. The molecule has 2 N–H and O–H groups in total. The largest absolute Gasteiger partial charge is 0.333 e. The standard InChI is InChI=1S/2C15H16N6O.Os/c2*1-10(22)18-11-8-12(14-16-4-6-20(14)2)19-13(9-11)15-17-5-7-21(15)3;/h2*4-9H,1-3H3,(H,18,19,22);. The van der Waals surface area contributed by atoms with Crippen LogP contribution in [0.3, 0.4) is 0 Å². The third-order valence-electron chi connectivity index (χ3n) is 6.49. The molecule has 0 atom stereocenters. The van der Waals surface area contributed by atoms with Gasteiger partial charge in [0, 0.05) is 123 Å². The molecule has 14 nitrogen and oxygen atoms in total. The molecule has 0 bridgehead atoms. The van der Waals surface area contributed by atoms with Crippen LogP contribution in [0.1, 0.15) is 13.8 Å². The van der Waals surface area contributed by atoms with E-state index in [0.717, 1.165) is 23.3 Å². The van der Waals surface area contributed by atoms with Crippen molar-refractivity contribution in [2.45, 2.75) is 13.8 Å². The van der Waals surface area contributed by atoms with Crippen molar-refractivity contribution in [1.29, 1.82) is 0 Å². The van der Waals surface area contributed by atoms with Crippen molar-refractivity contribution in [3.8, 4) is 46.1 Å². The van der Waals surface area contributed by atoms with Gasteiger partial charge in [-0.25, -0.2) is 29.9 Å². The van der Waals surface area contributed by atoms with Gasteiger partial charge in [-0.15, -0.1) is 0 Å². The summed E-state index contributed by atoms with van der Waals surface area (Å²) in [4.78, 5) is 49.2. The Morgan fingerprint density at radius 2 is 0.756 bits per heavy atom. The number of amides is 2. The van der Waals surface area contributed by atoms with Gasteiger partial charge in [-0.1, -0.05) is 0 Å². The third-order valence-corrected chi connectivity index (χ3v) is 6.49. The van der Waals surface area contributed by atoms with E-state index in [0.29, 0.717) is 34.2 Å². The summed E-state index contributed by atoms with van der Waals surface area (Å²) in [5.41, 5.74) is 4.04. The number of anilines is 2.